The number of amides is 1. The molecule has 0 saturated carbocycles. The van der Waals surface area contributed by atoms with Gasteiger partial charge in [-0.3, -0.25) is 9.48 Å². The molecule has 0 atom stereocenters. The topological polar surface area (TPSA) is 138 Å². The third-order valence-corrected chi connectivity index (χ3v) is 9.81. The third kappa shape index (κ3) is 5.32. The molecular formula is C22H33N7O4SSi. The molecule has 3 aromatic heterocycles. The predicted octanol–water partition coefficient (Wildman–Crippen LogP) is 1.84. The minimum atomic E-state index is -3.36. The minimum absolute atomic E-state index is 0.00176. The summed E-state index contributed by atoms with van der Waals surface area (Å²) in [5, 5.41) is 5.33. The van der Waals surface area contributed by atoms with Gasteiger partial charge >= 0.3 is 0 Å². The monoisotopic (exact) mass is 519 g/mol. The van der Waals surface area contributed by atoms with E-state index in [1.54, 1.807) is 24.0 Å². The van der Waals surface area contributed by atoms with Gasteiger partial charge in [-0.2, -0.15) is 9.40 Å². The number of hydrogen-bond acceptors (Lipinski definition) is 7. The van der Waals surface area contributed by atoms with Crippen LogP contribution in [0.15, 0.2) is 31.0 Å². The van der Waals surface area contributed by atoms with Crippen molar-refractivity contribution >= 4 is 35.0 Å². The summed E-state index contributed by atoms with van der Waals surface area (Å²) in [6.45, 7) is 9.98. The second-order valence-electron chi connectivity index (χ2n) is 10.3. The molecule has 1 saturated heterocycles. The van der Waals surface area contributed by atoms with E-state index in [9.17, 15) is 13.2 Å². The van der Waals surface area contributed by atoms with Gasteiger partial charge in [0.1, 0.15) is 18.7 Å². The molecule has 3 aromatic rings. The normalized spacial score (nSPS) is 16.5. The summed E-state index contributed by atoms with van der Waals surface area (Å²) in [6.07, 6.45) is 6.89. The molecule has 0 spiro atoms. The quantitative estimate of drug-likeness (QED) is 0.301. The molecule has 1 fully saturated rings. The lowest BCUT2D eigenvalue weighted by Gasteiger charge is -2.48. The minimum Gasteiger partial charge on any atom is -0.370 e. The molecule has 0 radical (unpaired) electrons. The molecule has 0 aliphatic carbocycles. The largest absolute Gasteiger partial charge is 0.370 e. The summed E-state index contributed by atoms with van der Waals surface area (Å²) < 4.78 is 35.4. The number of hydrogen-bond donors (Lipinski definition) is 1. The Morgan fingerprint density at radius 3 is 2.66 bits per heavy atom. The second kappa shape index (κ2) is 9.45. The van der Waals surface area contributed by atoms with Gasteiger partial charge in [-0.05, 0) is 19.0 Å². The van der Waals surface area contributed by atoms with Crippen molar-refractivity contribution in [3.05, 3.63) is 31.0 Å². The fraction of sp³-hybridized carbons (Fsp3) is 0.545. The van der Waals surface area contributed by atoms with Crippen molar-refractivity contribution in [2.24, 2.45) is 5.73 Å². The van der Waals surface area contributed by atoms with Crippen molar-refractivity contribution in [2.45, 2.75) is 51.3 Å². The summed E-state index contributed by atoms with van der Waals surface area (Å²) in [7, 11) is -4.52. The van der Waals surface area contributed by atoms with Gasteiger partial charge in [0.2, 0.25) is 15.9 Å². The molecule has 2 N–H and O–H groups in total. The molecule has 0 aromatic carbocycles. The highest BCUT2D eigenvalue weighted by Gasteiger charge is 2.50. The van der Waals surface area contributed by atoms with Crippen LogP contribution in [-0.2, 0) is 31.8 Å². The smallest absolute Gasteiger partial charge is 0.219 e. The van der Waals surface area contributed by atoms with Gasteiger partial charge < -0.3 is 15.0 Å². The van der Waals surface area contributed by atoms with Crippen molar-refractivity contribution in [3.63, 3.8) is 0 Å². The highest BCUT2D eigenvalue weighted by atomic mass is 32.2. The van der Waals surface area contributed by atoms with Gasteiger partial charge in [0.05, 0.1) is 29.6 Å². The Balaban J connectivity index is 1.57. The van der Waals surface area contributed by atoms with Crippen molar-refractivity contribution in [1.82, 2.24) is 28.6 Å². The number of fused-ring (bicyclic) bond motifs is 1. The van der Waals surface area contributed by atoms with Gasteiger partial charge in [0.25, 0.3) is 0 Å². The van der Waals surface area contributed by atoms with Crippen LogP contribution in [0.4, 0.5) is 0 Å². The summed E-state index contributed by atoms with van der Waals surface area (Å²) >= 11 is 0. The zero-order valence-electron chi connectivity index (χ0n) is 20.6. The van der Waals surface area contributed by atoms with Crippen LogP contribution in [-0.4, -0.2) is 76.5 Å². The number of nitrogens with zero attached hydrogens (tertiary/aromatic N) is 6. The number of carbonyl (C=O) groups is 1. The van der Waals surface area contributed by atoms with Crippen LogP contribution >= 0.6 is 0 Å². The number of ether oxygens (including phenoxy) is 1. The van der Waals surface area contributed by atoms with Gasteiger partial charge in [-0.1, -0.05) is 19.6 Å². The van der Waals surface area contributed by atoms with Crippen LogP contribution in [0.1, 0.15) is 13.3 Å². The van der Waals surface area contributed by atoms with Crippen LogP contribution in [0.3, 0.4) is 0 Å². The number of carbonyl (C=O) groups excluding carboxylic acids is 1. The van der Waals surface area contributed by atoms with E-state index in [4.69, 9.17) is 10.5 Å². The molecule has 4 heterocycles. The van der Waals surface area contributed by atoms with Crippen molar-refractivity contribution in [1.29, 1.82) is 0 Å². The van der Waals surface area contributed by atoms with Gasteiger partial charge in [0.15, 0.2) is 0 Å². The number of aromatic nitrogens is 5. The molecule has 11 nitrogen and oxygen atoms in total. The molecule has 0 bridgehead atoms. The van der Waals surface area contributed by atoms with E-state index in [0.717, 1.165) is 22.6 Å². The number of sulfonamides is 1. The van der Waals surface area contributed by atoms with E-state index in [1.807, 2.05) is 16.8 Å². The summed E-state index contributed by atoms with van der Waals surface area (Å²) in [5.74, 6) is -0.506. The predicted molar refractivity (Wildman–Crippen MR) is 136 cm³/mol. The summed E-state index contributed by atoms with van der Waals surface area (Å²) in [4.78, 5) is 20.7. The maximum absolute atomic E-state index is 12.3. The first kappa shape index (κ1) is 25.5. The number of rotatable bonds is 11. The lowest BCUT2D eigenvalue weighted by atomic mass is 9.88. The van der Waals surface area contributed by atoms with Crippen molar-refractivity contribution in [2.75, 3.05) is 25.4 Å². The van der Waals surface area contributed by atoms with E-state index in [-0.39, 0.29) is 25.3 Å². The molecule has 1 amide bonds. The van der Waals surface area contributed by atoms with Crippen molar-refractivity contribution < 1.29 is 17.9 Å². The van der Waals surface area contributed by atoms with Gasteiger partial charge in [-0.15, -0.1) is 0 Å². The zero-order valence-corrected chi connectivity index (χ0v) is 22.5. The first-order valence-corrected chi connectivity index (χ1v) is 16.9. The van der Waals surface area contributed by atoms with Crippen LogP contribution < -0.4 is 5.73 Å². The highest BCUT2D eigenvalue weighted by Crippen LogP contribution is 2.36. The Morgan fingerprint density at radius 2 is 2.00 bits per heavy atom. The van der Waals surface area contributed by atoms with E-state index in [0.29, 0.717) is 19.0 Å². The number of nitrogens with two attached hydrogens (primary N) is 1. The Labute approximate surface area is 206 Å². The third-order valence-electron chi connectivity index (χ3n) is 6.33. The van der Waals surface area contributed by atoms with Gasteiger partial charge in [0, 0.05) is 51.1 Å². The molecule has 35 heavy (non-hydrogen) atoms. The fourth-order valence-electron chi connectivity index (χ4n) is 4.24. The second-order valence-corrected chi connectivity index (χ2v) is 18.2. The Kier molecular flexibility index (Phi) is 6.88. The molecule has 190 valence electrons. The first-order valence-electron chi connectivity index (χ1n) is 11.6. The van der Waals surface area contributed by atoms with E-state index < -0.39 is 29.5 Å². The maximum Gasteiger partial charge on any atom is 0.219 e. The Hall–Kier alpha value is -2.61. The van der Waals surface area contributed by atoms with E-state index in [2.05, 4.69) is 34.7 Å². The zero-order chi connectivity index (χ0) is 25.4. The highest BCUT2D eigenvalue weighted by molar-refractivity contribution is 7.89. The van der Waals surface area contributed by atoms with Crippen LogP contribution in [0.2, 0.25) is 25.7 Å². The number of primary amides is 1. The standard InChI is InChI=1S/C22H33N7O4SSi/c1-5-34(31,32)28-13-22(14-28,10-19(23)30)29-12-17(11-26-29)20-18-6-7-27(21(18)25-15-24-20)16-33-8-9-35(2,3)4/h6-7,11-12,15H,5,8-10,13-14,16H2,1-4H3,(H2,23,30). The Bertz CT molecular complexity index is 1320. The molecule has 1 aliphatic rings. The molecular weight excluding hydrogens is 486 g/mol. The van der Waals surface area contributed by atoms with Crippen LogP contribution in [0.25, 0.3) is 22.3 Å². The van der Waals surface area contributed by atoms with Crippen molar-refractivity contribution in [3.8, 4) is 11.3 Å². The molecule has 0 unspecified atom stereocenters. The lowest BCUT2D eigenvalue weighted by molar-refractivity contribution is -0.122. The first-order chi connectivity index (χ1) is 16.4. The molecule has 13 heteroatoms. The molecule has 1 aliphatic heterocycles. The summed E-state index contributed by atoms with van der Waals surface area (Å²) in [6, 6.07) is 3.04. The maximum atomic E-state index is 12.3. The van der Waals surface area contributed by atoms with Crippen LogP contribution in [0, 0.1) is 0 Å². The SMILES string of the molecule is CCS(=O)(=O)N1CC(CC(N)=O)(n2cc(-c3ncnc4c3ccn4COCC[Si](C)(C)C)cn2)C1. The van der Waals surface area contributed by atoms with Crippen LogP contribution in [0.5, 0.6) is 0 Å². The average molecular weight is 520 g/mol. The van der Waals surface area contributed by atoms with E-state index in [1.165, 1.54) is 10.6 Å². The Morgan fingerprint density at radius 1 is 1.26 bits per heavy atom. The van der Waals surface area contributed by atoms with E-state index >= 15 is 0 Å². The molecule has 4 rings (SSSR count). The average Bonchev–Trinajstić information content (AvgIpc) is 3.40. The lowest BCUT2D eigenvalue weighted by Crippen LogP contribution is -2.65. The van der Waals surface area contributed by atoms with Gasteiger partial charge in [-0.25, -0.2) is 18.4 Å². The summed E-state index contributed by atoms with van der Waals surface area (Å²) in [5.41, 5.74) is 6.89. The fourth-order valence-corrected chi connectivity index (χ4v) is 6.23.